The number of carbonyl (C=O) groups excluding carboxylic acids is 1. The summed E-state index contributed by atoms with van der Waals surface area (Å²) in [4.78, 5) is 19.6. The lowest BCUT2D eigenvalue weighted by Crippen LogP contribution is -2.73. The minimum absolute atomic E-state index is 0.00926. The first kappa shape index (κ1) is 9.27. The maximum Gasteiger partial charge on any atom is 0.430 e. The van der Waals surface area contributed by atoms with Gasteiger partial charge in [-0.3, -0.25) is 4.84 Å². The van der Waals surface area contributed by atoms with Crippen LogP contribution in [0.1, 0.15) is 5.76 Å². The van der Waals surface area contributed by atoms with Crippen molar-refractivity contribution in [1.29, 1.82) is 0 Å². The Balaban J connectivity index is 2.94. The number of nitrogens with one attached hydrogen (secondary N) is 1. The Labute approximate surface area is 73.9 Å². The molecule has 0 spiro atoms. The van der Waals surface area contributed by atoms with Gasteiger partial charge in [-0.2, -0.15) is 5.90 Å². The van der Waals surface area contributed by atoms with Crippen molar-refractivity contribution in [2.75, 3.05) is 7.11 Å². The first-order valence-corrected chi connectivity index (χ1v) is 3.40. The second-order valence-electron chi connectivity index (χ2n) is 2.06. The van der Waals surface area contributed by atoms with Crippen LogP contribution in [0.15, 0.2) is 22.8 Å². The SMILES string of the molecule is CO/[NH+]=C(/C(=O)ON)c1ccco1. The second-order valence-corrected chi connectivity index (χ2v) is 2.06. The molecule has 0 aliphatic heterocycles. The minimum Gasteiger partial charge on any atom is -0.458 e. The van der Waals surface area contributed by atoms with Crippen LogP contribution in [-0.2, 0) is 14.5 Å². The molecule has 0 unspecified atom stereocenters. The number of nitrogens with two attached hydrogens (primary N) is 1. The van der Waals surface area contributed by atoms with Crippen LogP contribution in [0.3, 0.4) is 0 Å². The maximum atomic E-state index is 11.0. The van der Waals surface area contributed by atoms with E-state index in [1.165, 1.54) is 13.4 Å². The quantitative estimate of drug-likeness (QED) is 0.425. The van der Waals surface area contributed by atoms with E-state index >= 15 is 0 Å². The summed E-state index contributed by atoms with van der Waals surface area (Å²) in [6.07, 6.45) is 1.41. The molecule has 0 saturated heterocycles. The van der Waals surface area contributed by atoms with Crippen LogP contribution in [0.25, 0.3) is 0 Å². The third kappa shape index (κ3) is 2.06. The Hall–Kier alpha value is -1.82. The van der Waals surface area contributed by atoms with E-state index in [1.807, 2.05) is 0 Å². The van der Waals surface area contributed by atoms with Crippen molar-refractivity contribution in [3.05, 3.63) is 24.2 Å². The molecule has 0 bridgehead atoms. The van der Waals surface area contributed by atoms with E-state index in [9.17, 15) is 4.79 Å². The molecular formula is C7H9N2O4+. The van der Waals surface area contributed by atoms with Crippen LogP contribution in [0.2, 0.25) is 0 Å². The molecule has 3 N–H and O–H groups in total. The monoisotopic (exact) mass is 185 g/mol. The van der Waals surface area contributed by atoms with Crippen LogP contribution in [0.5, 0.6) is 0 Å². The molecule has 6 nitrogen and oxygen atoms in total. The van der Waals surface area contributed by atoms with Gasteiger partial charge in [0.15, 0.2) is 0 Å². The average Bonchev–Trinajstić information content (AvgIpc) is 2.65. The van der Waals surface area contributed by atoms with Crippen molar-refractivity contribution < 1.29 is 24.0 Å². The zero-order valence-electron chi connectivity index (χ0n) is 6.94. The Morgan fingerprint density at radius 2 is 2.46 bits per heavy atom. The van der Waals surface area contributed by atoms with Crippen LogP contribution in [-0.4, -0.2) is 18.8 Å². The Kier molecular flexibility index (Phi) is 3.04. The van der Waals surface area contributed by atoms with Crippen molar-refractivity contribution in [2.45, 2.75) is 0 Å². The largest absolute Gasteiger partial charge is 0.458 e. The fraction of sp³-hybridized carbons (Fsp3) is 0.143. The second kappa shape index (κ2) is 4.27. The molecule has 1 aromatic rings. The van der Waals surface area contributed by atoms with E-state index in [4.69, 9.17) is 10.3 Å². The van der Waals surface area contributed by atoms with Gasteiger partial charge in [-0.25, -0.2) is 4.79 Å². The summed E-state index contributed by atoms with van der Waals surface area (Å²) in [6, 6.07) is 3.19. The van der Waals surface area contributed by atoms with Gasteiger partial charge < -0.3 is 9.25 Å². The van der Waals surface area contributed by atoms with Gasteiger partial charge >= 0.3 is 11.7 Å². The maximum absolute atomic E-state index is 11.0. The van der Waals surface area contributed by atoms with Crippen molar-refractivity contribution >= 4 is 11.7 Å². The van der Waals surface area contributed by atoms with Crippen LogP contribution >= 0.6 is 0 Å². The normalized spacial score (nSPS) is 11.1. The van der Waals surface area contributed by atoms with E-state index in [1.54, 1.807) is 12.1 Å². The molecule has 0 aliphatic rings. The molecule has 0 atom stereocenters. The summed E-state index contributed by atoms with van der Waals surface area (Å²) in [5.41, 5.74) is 0.00926. The fourth-order valence-electron chi connectivity index (χ4n) is 0.774. The zero-order chi connectivity index (χ0) is 9.68. The molecule has 0 aromatic carbocycles. The van der Waals surface area contributed by atoms with Crippen LogP contribution in [0.4, 0.5) is 0 Å². The Morgan fingerprint density at radius 3 is 2.92 bits per heavy atom. The van der Waals surface area contributed by atoms with Gasteiger partial charge in [0, 0.05) is 0 Å². The predicted octanol–water partition coefficient (Wildman–Crippen LogP) is -1.87. The Morgan fingerprint density at radius 1 is 1.69 bits per heavy atom. The molecule has 1 heterocycles. The highest BCUT2D eigenvalue weighted by atomic mass is 16.7. The summed E-state index contributed by atoms with van der Waals surface area (Å²) < 4.78 is 4.94. The summed E-state index contributed by atoms with van der Waals surface area (Å²) in [5.74, 6) is 4.22. The topological polar surface area (TPSA) is 88.7 Å². The molecule has 0 radical (unpaired) electrons. The summed E-state index contributed by atoms with van der Waals surface area (Å²) in [5, 5.41) is 2.30. The fourth-order valence-corrected chi connectivity index (χ4v) is 0.774. The van der Waals surface area contributed by atoms with E-state index in [-0.39, 0.29) is 11.5 Å². The lowest BCUT2D eigenvalue weighted by molar-refractivity contribution is -0.743. The number of rotatable bonds is 3. The molecule has 0 fully saturated rings. The third-order valence-corrected chi connectivity index (χ3v) is 1.28. The molecule has 1 rings (SSSR count). The highest BCUT2D eigenvalue weighted by molar-refractivity contribution is 6.39. The smallest absolute Gasteiger partial charge is 0.430 e. The molecule has 0 saturated carbocycles. The predicted molar refractivity (Wildman–Crippen MR) is 41.1 cm³/mol. The van der Waals surface area contributed by atoms with Crippen molar-refractivity contribution in [3.63, 3.8) is 0 Å². The molecule has 13 heavy (non-hydrogen) atoms. The van der Waals surface area contributed by atoms with Gasteiger partial charge in [0.2, 0.25) is 5.76 Å². The number of carbonyl (C=O) groups is 1. The summed E-state index contributed by atoms with van der Waals surface area (Å²) in [6.45, 7) is 0. The highest BCUT2D eigenvalue weighted by Crippen LogP contribution is 1.99. The van der Waals surface area contributed by atoms with Gasteiger partial charge in [-0.05, 0) is 17.3 Å². The molecule has 6 heteroatoms. The van der Waals surface area contributed by atoms with Gasteiger partial charge in [0.1, 0.15) is 7.11 Å². The van der Waals surface area contributed by atoms with Crippen LogP contribution < -0.4 is 11.1 Å². The minimum atomic E-state index is -0.767. The summed E-state index contributed by atoms with van der Waals surface area (Å²) in [7, 11) is 1.35. The Bertz CT molecular complexity index is 304. The van der Waals surface area contributed by atoms with E-state index in [0.29, 0.717) is 0 Å². The standard InChI is InChI=1S/C7H8N2O4/c1-11-9-6(7(10)13-8)5-3-2-4-12-5/h2-4H,8H2,1H3/p+1/b9-6+. The van der Waals surface area contributed by atoms with Gasteiger partial charge in [0.25, 0.3) is 0 Å². The summed E-state index contributed by atoms with van der Waals surface area (Å²) >= 11 is 0. The van der Waals surface area contributed by atoms with E-state index < -0.39 is 5.97 Å². The molecule has 0 aliphatic carbocycles. The van der Waals surface area contributed by atoms with Gasteiger partial charge in [-0.1, -0.05) is 0 Å². The molecule has 0 amide bonds. The number of hydrogen-bond acceptors (Lipinski definition) is 5. The van der Waals surface area contributed by atoms with Gasteiger partial charge in [0.05, 0.1) is 6.26 Å². The van der Waals surface area contributed by atoms with Crippen molar-refractivity contribution in [1.82, 2.24) is 0 Å². The lowest BCUT2D eigenvalue weighted by atomic mass is 10.3. The lowest BCUT2D eigenvalue weighted by Gasteiger charge is -1.92. The number of furan rings is 1. The highest BCUT2D eigenvalue weighted by Gasteiger charge is 2.25. The van der Waals surface area contributed by atoms with E-state index in [2.05, 4.69) is 14.8 Å². The van der Waals surface area contributed by atoms with Gasteiger partial charge in [-0.15, -0.1) is 0 Å². The molecule has 1 aromatic heterocycles. The first-order chi connectivity index (χ1) is 6.29. The van der Waals surface area contributed by atoms with E-state index in [0.717, 1.165) is 0 Å². The van der Waals surface area contributed by atoms with Crippen molar-refractivity contribution in [2.24, 2.45) is 5.90 Å². The molecular weight excluding hydrogens is 176 g/mol. The zero-order valence-corrected chi connectivity index (χ0v) is 6.94. The van der Waals surface area contributed by atoms with Crippen LogP contribution in [0, 0.1) is 0 Å². The average molecular weight is 185 g/mol. The third-order valence-electron chi connectivity index (χ3n) is 1.28. The van der Waals surface area contributed by atoms with Crippen molar-refractivity contribution in [3.8, 4) is 0 Å². The number of hydrogen-bond donors (Lipinski definition) is 2. The molecule has 70 valence electrons. The first-order valence-electron chi connectivity index (χ1n) is 3.40.